The Morgan fingerprint density at radius 3 is 2.48 bits per heavy atom. The normalized spacial score (nSPS) is 16.1. The highest BCUT2D eigenvalue weighted by molar-refractivity contribution is 7.94. The molecule has 0 radical (unpaired) electrons. The first-order chi connectivity index (χ1) is 15.0. The van der Waals surface area contributed by atoms with E-state index in [-0.39, 0.29) is 17.3 Å². The third-order valence-corrected chi connectivity index (χ3v) is 8.50. The molecule has 1 atom stereocenters. The Labute approximate surface area is 183 Å². The Kier molecular flexibility index (Phi) is 4.74. The third kappa shape index (κ3) is 3.37. The number of fused-ring (bicyclic) bond motifs is 2. The van der Waals surface area contributed by atoms with Gasteiger partial charge in [-0.3, -0.25) is 4.31 Å². The fourth-order valence-electron chi connectivity index (χ4n) is 3.77. The Balaban J connectivity index is 1.61. The van der Waals surface area contributed by atoms with Crippen molar-refractivity contribution in [2.75, 3.05) is 16.6 Å². The quantitative estimate of drug-likeness (QED) is 0.479. The average molecular weight is 448 g/mol. The molecule has 31 heavy (non-hydrogen) atoms. The minimum Gasteiger partial charge on any atom is -0.611 e. The van der Waals surface area contributed by atoms with Gasteiger partial charge in [0, 0.05) is 10.9 Å². The van der Waals surface area contributed by atoms with Crippen LogP contribution in [-0.4, -0.2) is 30.3 Å². The van der Waals surface area contributed by atoms with Gasteiger partial charge < -0.3 is 9.54 Å². The maximum absolute atomic E-state index is 13.5. The lowest BCUT2D eigenvalue weighted by atomic mass is 10.0. The van der Waals surface area contributed by atoms with Crippen molar-refractivity contribution >= 4 is 37.8 Å². The van der Waals surface area contributed by atoms with Crippen LogP contribution in [0.4, 0.5) is 5.69 Å². The maximum atomic E-state index is 13.5. The van der Waals surface area contributed by atoms with E-state index in [4.69, 9.17) is 5.26 Å². The molecule has 0 saturated carbocycles. The smallest absolute Gasteiger partial charge is 0.280 e. The minimum atomic E-state index is -3.87. The fraction of sp³-hybridized carbons (Fsp3) is 0.0870. The number of benzene rings is 3. The number of aromatic amines is 1. The zero-order valence-corrected chi connectivity index (χ0v) is 17.9. The molecular weight excluding hydrogens is 430 g/mol. The summed E-state index contributed by atoms with van der Waals surface area (Å²) in [6, 6.07) is 23.5. The number of nitriles is 1. The predicted molar refractivity (Wildman–Crippen MR) is 121 cm³/mol. The number of nitrogens with zero attached hydrogens (tertiary/aromatic N) is 2. The van der Waals surface area contributed by atoms with Gasteiger partial charge in [-0.25, -0.2) is 0 Å². The lowest BCUT2D eigenvalue weighted by Crippen LogP contribution is -2.39. The van der Waals surface area contributed by atoms with Gasteiger partial charge in [-0.15, -0.1) is 0 Å². The second-order valence-corrected chi connectivity index (χ2v) is 10.6. The Bertz CT molecular complexity index is 1400. The molecule has 1 aliphatic rings. The van der Waals surface area contributed by atoms with Crippen molar-refractivity contribution in [1.29, 1.82) is 5.26 Å². The number of anilines is 1. The molecule has 0 fully saturated rings. The van der Waals surface area contributed by atoms with Crippen LogP contribution in [0.5, 0.6) is 0 Å². The van der Waals surface area contributed by atoms with Crippen LogP contribution < -0.4 is 4.31 Å². The molecule has 1 unspecified atom stereocenters. The number of nitrogens with one attached hydrogen (secondary N) is 1. The van der Waals surface area contributed by atoms with E-state index in [1.807, 2.05) is 42.5 Å². The van der Waals surface area contributed by atoms with Crippen molar-refractivity contribution in [3.63, 3.8) is 0 Å². The van der Waals surface area contributed by atoms with Crippen LogP contribution in [0.1, 0.15) is 5.56 Å². The molecule has 5 rings (SSSR count). The molecule has 0 spiro atoms. The lowest BCUT2D eigenvalue weighted by molar-refractivity contribution is 0.581. The Hall–Kier alpha value is -3.25. The van der Waals surface area contributed by atoms with Crippen LogP contribution in [-0.2, 0) is 21.2 Å². The van der Waals surface area contributed by atoms with E-state index in [2.05, 4.69) is 11.1 Å². The van der Waals surface area contributed by atoms with Crippen LogP contribution in [0.15, 0.2) is 82.7 Å². The van der Waals surface area contributed by atoms with Crippen molar-refractivity contribution in [2.24, 2.45) is 0 Å². The number of aromatic nitrogens is 1. The molecule has 3 aromatic carbocycles. The van der Waals surface area contributed by atoms with Gasteiger partial charge in [-0.2, -0.15) is 13.7 Å². The Morgan fingerprint density at radius 2 is 1.74 bits per heavy atom. The van der Waals surface area contributed by atoms with E-state index in [0.29, 0.717) is 16.1 Å². The number of sulfonamides is 1. The van der Waals surface area contributed by atoms with Gasteiger partial charge in [0.1, 0.15) is 11.4 Å². The molecule has 0 amide bonds. The summed E-state index contributed by atoms with van der Waals surface area (Å²) >= 11 is -1.27. The van der Waals surface area contributed by atoms with E-state index < -0.39 is 21.2 Å². The second-order valence-electron chi connectivity index (χ2n) is 7.22. The van der Waals surface area contributed by atoms with Gasteiger partial charge in [0.25, 0.3) is 10.0 Å². The largest absolute Gasteiger partial charge is 0.611 e. The maximum Gasteiger partial charge on any atom is 0.280 e. The van der Waals surface area contributed by atoms with Gasteiger partial charge in [-0.05, 0) is 64.8 Å². The topological polar surface area (TPSA) is 100 Å². The minimum absolute atomic E-state index is 0.108. The molecule has 0 aliphatic carbocycles. The molecule has 6 nitrogen and oxygen atoms in total. The summed E-state index contributed by atoms with van der Waals surface area (Å²) in [5.74, 6) is 0.239. The van der Waals surface area contributed by atoms with E-state index in [1.165, 1.54) is 4.31 Å². The van der Waals surface area contributed by atoms with Crippen molar-refractivity contribution in [1.82, 2.24) is 4.98 Å². The van der Waals surface area contributed by atoms with Gasteiger partial charge in [0.05, 0.1) is 18.2 Å². The van der Waals surface area contributed by atoms with Crippen LogP contribution >= 0.6 is 0 Å². The average Bonchev–Trinajstić information content (AvgIpc) is 3.24. The highest BCUT2D eigenvalue weighted by atomic mass is 32.2. The van der Waals surface area contributed by atoms with E-state index in [0.717, 1.165) is 22.0 Å². The number of para-hydroxylation sites is 1. The molecule has 1 aromatic heterocycles. The summed E-state index contributed by atoms with van der Waals surface area (Å²) < 4.78 is 41.0. The summed E-state index contributed by atoms with van der Waals surface area (Å²) in [5, 5.41) is 9.93. The van der Waals surface area contributed by atoms with E-state index in [1.54, 1.807) is 30.3 Å². The van der Waals surface area contributed by atoms with Gasteiger partial charge in [0.15, 0.2) is 9.92 Å². The summed E-state index contributed by atoms with van der Waals surface area (Å²) in [5.41, 5.74) is 3.35. The number of hydrogen-bond acceptors (Lipinski definition) is 4. The molecule has 8 heteroatoms. The number of rotatable bonds is 3. The van der Waals surface area contributed by atoms with Gasteiger partial charge in [-0.1, -0.05) is 30.3 Å². The molecule has 1 N–H and O–H groups in total. The molecule has 0 saturated heterocycles. The van der Waals surface area contributed by atoms with Crippen molar-refractivity contribution < 1.29 is 13.0 Å². The number of H-pyrrole nitrogens is 1. The predicted octanol–water partition coefficient (Wildman–Crippen LogP) is 4.02. The van der Waals surface area contributed by atoms with Crippen molar-refractivity contribution in [3.05, 3.63) is 78.4 Å². The first kappa shape index (κ1) is 19.7. The zero-order chi connectivity index (χ0) is 21.6. The van der Waals surface area contributed by atoms with Crippen LogP contribution in [0, 0.1) is 11.3 Å². The SMILES string of the molecule is N#Cc1ccc(-c2ccc3c(c2)N(S(=O)(=O)c2cc4ccccc4[nH]2)CC[S+]3[O-])cc1. The molecule has 1 aliphatic heterocycles. The third-order valence-electron chi connectivity index (χ3n) is 5.37. The first-order valence-corrected chi connectivity index (χ1v) is 12.4. The highest BCUT2D eigenvalue weighted by Crippen LogP contribution is 2.38. The summed E-state index contributed by atoms with van der Waals surface area (Å²) in [6.45, 7) is 0.133. The summed E-state index contributed by atoms with van der Waals surface area (Å²) in [4.78, 5) is 3.50. The molecule has 4 aromatic rings. The molecular formula is C23H17N3O3S2. The first-order valence-electron chi connectivity index (χ1n) is 9.61. The van der Waals surface area contributed by atoms with E-state index in [9.17, 15) is 13.0 Å². The standard InChI is InChI=1S/C23H17N3O3S2/c24-15-16-5-7-17(8-6-16)18-9-10-22-21(13-18)26(11-12-30(22)27)31(28,29)23-14-19-3-1-2-4-20(19)25-23/h1-10,13-14,25H,11-12H2. The number of hydrogen-bond donors (Lipinski definition) is 1. The van der Waals surface area contributed by atoms with Crippen LogP contribution in [0.25, 0.3) is 22.0 Å². The fourth-order valence-corrected chi connectivity index (χ4v) is 6.63. The van der Waals surface area contributed by atoms with E-state index >= 15 is 0 Å². The van der Waals surface area contributed by atoms with Gasteiger partial charge in [0.2, 0.25) is 0 Å². The molecule has 0 bridgehead atoms. The molecule has 154 valence electrons. The molecule has 2 heterocycles. The van der Waals surface area contributed by atoms with Crippen LogP contribution in [0.2, 0.25) is 0 Å². The monoisotopic (exact) mass is 447 g/mol. The summed E-state index contributed by atoms with van der Waals surface area (Å²) in [7, 11) is -3.87. The lowest BCUT2D eigenvalue weighted by Gasteiger charge is -2.30. The van der Waals surface area contributed by atoms with Crippen LogP contribution in [0.3, 0.4) is 0 Å². The van der Waals surface area contributed by atoms with Crippen molar-refractivity contribution in [3.8, 4) is 17.2 Å². The zero-order valence-electron chi connectivity index (χ0n) is 16.3. The summed E-state index contributed by atoms with van der Waals surface area (Å²) in [6.07, 6.45) is 0. The van der Waals surface area contributed by atoms with Crippen molar-refractivity contribution in [2.45, 2.75) is 9.92 Å². The second kappa shape index (κ2) is 7.46. The Morgan fingerprint density at radius 1 is 1.00 bits per heavy atom. The van der Waals surface area contributed by atoms with Gasteiger partial charge >= 0.3 is 0 Å². The highest BCUT2D eigenvalue weighted by Gasteiger charge is 2.36.